The summed E-state index contributed by atoms with van der Waals surface area (Å²) in [6.07, 6.45) is 7.37. The largest absolute Gasteiger partial charge is 0.486 e. The van der Waals surface area contributed by atoms with Gasteiger partial charge in [-0.05, 0) is 24.6 Å². The Balaban J connectivity index is 1.62. The lowest BCUT2D eigenvalue weighted by Gasteiger charge is -2.24. The number of nitrogens with zero attached hydrogens (tertiary/aromatic N) is 3. The molecule has 6 nitrogen and oxygen atoms in total. The molecule has 0 saturated heterocycles. The first-order valence-corrected chi connectivity index (χ1v) is 9.70. The van der Waals surface area contributed by atoms with Gasteiger partial charge < -0.3 is 14.4 Å². The summed E-state index contributed by atoms with van der Waals surface area (Å²) in [7, 11) is 0. The van der Waals surface area contributed by atoms with Crippen molar-refractivity contribution >= 4 is 17.7 Å². The minimum absolute atomic E-state index is 0.112. The van der Waals surface area contributed by atoms with E-state index in [1.165, 1.54) is 0 Å². The van der Waals surface area contributed by atoms with Crippen LogP contribution in [0.2, 0.25) is 0 Å². The van der Waals surface area contributed by atoms with Gasteiger partial charge in [-0.15, -0.1) is 0 Å². The summed E-state index contributed by atoms with van der Waals surface area (Å²) in [4.78, 5) is 15.0. The lowest BCUT2D eigenvalue weighted by atomic mass is 10.2. The van der Waals surface area contributed by atoms with E-state index in [0.29, 0.717) is 43.4 Å². The van der Waals surface area contributed by atoms with E-state index in [0.717, 1.165) is 11.3 Å². The number of hydrogen-bond acceptors (Lipinski definition) is 4. The summed E-state index contributed by atoms with van der Waals surface area (Å²) in [5.41, 5.74) is 2.39. The molecule has 0 N–H and O–H groups in total. The van der Waals surface area contributed by atoms with Gasteiger partial charge in [0, 0.05) is 31.0 Å². The van der Waals surface area contributed by atoms with Crippen molar-refractivity contribution in [2.24, 2.45) is 0 Å². The fraction of sp³-hybridized carbons (Fsp3) is 0.217. The molecule has 0 aliphatic carbocycles. The molecular weight excluding hydrogens is 366 g/mol. The van der Waals surface area contributed by atoms with E-state index < -0.39 is 0 Å². The first-order valence-electron chi connectivity index (χ1n) is 9.70. The second-order valence-corrected chi connectivity index (χ2v) is 6.64. The molecule has 0 atom stereocenters. The van der Waals surface area contributed by atoms with Crippen LogP contribution in [0.15, 0.2) is 67.0 Å². The molecule has 3 aromatic rings. The van der Waals surface area contributed by atoms with Gasteiger partial charge in [0.25, 0.3) is 5.91 Å². The maximum absolute atomic E-state index is 13.3. The third kappa shape index (κ3) is 4.32. The van der Waals surface area contributed by atoms with Gasteiger partial charge in [0.2, 0.25) is 0 Å². The van der Waals surface area contributed by atoms with Crippen LogP contribution in [0, 0.1) is 0 Å². The zero-order valence-corrected chi connectivity index (χ0v) is 16.3. The highest BCUT2D eigenvalue weighted by Crippen LogP contribution is 2.34. The molecule has 0 unspecified atom stereocenters. The Bertz CT molecular complexity index is 1010. The van der Waals surface area contributed by atoms with E-state index in [4.69, 9.17) is 9.47 Å². The minimum atomic E-state index is -0.112. The molecular formula is C23H23N3O3. The smallest absolute Gasteiger partial charge is 0.261 e. The summed E-state index contributed by atoms with van der Waals surface area (Å²) in [6, 6.07) is 15.6. The Morgan fingerprint density at radius 2 is 1.93 bits per heavy atom. The molecule has 0 radical (unpaired) electrons. The number of hydrogen-bond donors (Lipinski definition) is 0. The molecule has 1 aromatic heterocycles. The monoisotopic (exact) mass is 389 g/mol. The number of aryl methyl sites for hydroxylation is 1. The molecule has 148 valence electrons. The number of fused-ring (bicyclic) bond motifs is 1. The van der Waals surface area contributed by atoms with Gasteiger partial charge in [-0.3, -0.25) is 9.48 Å². The average molecular weight is 389 g/mol. The second-order valence-electron chi connectivity index (χ2n) is 6.64. The Labute approximate surface area is 170 Å². The number of rotatable bonds is 6. The summed E-state index contributed by atoms with van der Waals surface area (Å²) < 4.78 is 13.0. The summed E-state index contributed by atoms with van der Waals surface area (Å²) in [5.74, 6) is 1.24. The minimum Gasteiger partial charge on any atom is -0.486 e. The maximum Gasteiger partial charge on any atom is 0.261 e. The van der Waals surface area contributed by atoms with E-state index in [9.17, 15) is 4.79 Å². The Morgan fingerprint density at radius 1 is 1.14 bits per heavy atom. The lowest BCUT2D eigenvalue weighted by Crippen LogP contribution is -2.31. The highest BCUT2D eigenvalue weighted by molar-refractivity contribution is 6.06. The topological polar surface area (TPSA) is 56.6 Å². The molecule has 1 aliphatic rings. The number of benzene rings is 2. The van der Waals surface area contributed by atoms with Crippen molar-refractivity contribution in [1.29, 1.82) is 0 Å². The zero-order chi connectivity index (χ0) is 20.1. The van der Waals surface area contributed by atoms with Crippen LogP contribution >= 0.6 is 0 Å². The highest BCUT2D eigenvalue weighted by Gasteiger charge is 2.21. The first-order chi connectivity index (χ1) is 14.2. The fourth-order valence-electron chi connectivity index (χ4n) is 3.17. The summed E-state index contributed by atoms with van der Waals surface area (Å²) in [6.45, 7) is 4.16. The maximum atomic E-state index is 13.3. The molecule has 1 amide bonds. The normalized spacial score (nSPS) is 12.9. The van der Waals surface area contributed by atoms with Gasteiger partial charge in [0.1, 0.15) is 13.2 Å². The zero-order valence-electron chi connectivity index (χ0n) is 16.3. The predicted molar refractivity (Wildman–Crippen MR) is 112 cm³/mol. The van der Waals surface area contributed by atoms with Crippen molar-refractivity contribution in [3.63, 3.8) is 0 Å². The van der Waals surface area contributed by atoms with Gasteiger partial charge >= 0.3 is 0 Å². The van der Waals surface area contributed by atoms with Gasteiger partial charge in [-0.1, -0.05) is 42.5 Å². The van der Waals surface area contributed by atoms with E-state index in [1.54, 1.807) is 22.0 Å². The van der Waals surface area contributed by atoms with Crippen LogP contribution in [-0.2, 0) is 6.54 Å². The van der Waals surface area contributed by atoms with Crippen LogP contribution in [0.1, 0.15) is 22.8 Å². The van der Waals surface area contributed by atoms with E-state index in [1.807, 2.05) is 67.6 Å². The summed E-state index contributed by atoms with van der Waals surface area (Å²) >= 11 is 0. The molecule has 29 heavy (non-hydrogen) atoms. The SMILES string of the molecule is CCn1cc(C(=O)N(C/C=C/c2ccccc2)c2ccc3c(c2)OCCO3)cn1. The molecule has 0 saturated carbocycles. The van der Waals surface area contributed by atoms with E-state index >= 15 is 0 Å². The van der Waals surface area contributed by atoms with Crippen molar-refractivity contribution in [2.45, 2.75) is 13.5 Å². The molecule has 0 bridgehead atoms. The molecule has 6 heteroatoms. The summed E-state index contributed by atoms with van der Waals surface area (Å²) in [5, 5.41) is 4.24. The van der Waals surface area contributed by atoms with Crippen molar-refractivity contribution in [1.82, 2.24) is 9.78 Å². The third-order valence-electron chi connectivity index (χ3n) is 4.68. The standard InChI is InChI=1S/C23H23N3O3/c1-2-25-17-19(16-24-25)23(27)26(12-6-9-18-7-4-3-5-8-18)20-10-11-21-22(15-20)29-14-13-28-21/h3-11,15-17H,2,12-14H2,1H3/b9-6+. The molecule has 2 aromatic carbocycles. The molecule has 4 rings (SSSR count). The number of aromatic nitrogens is 2. The van der Waals surface area contributed by atoms with Crippen LogP contribution in [-0.4, -0.2) is 35.4 Å². The van der Waals surface area contributed by atoms with Crippen LogP contribution in [0.25, 0.3) is 6.08 Å². The number of anilines is 1. The number of amides is 1. The number of carbonyl (C=O) groups excluding carboxylic acids is 1. The predicted octanol–water partition coefficient (Wildman–Crippen LogP) is 4.03. The van der Waals surface area contributed by atoms with E-state index in [2.05, 4.69) is 5.10 Å². The highest BCUT2D eigenvalue weighted by atomic mass is 16.6. The number of carbonyl (C=O) groups is 1. The fourth-order valence-corrected chi connectivity index (χ4v) is 3.17. The quantitative estimate of drug-likeness (QED) is 0.639. The molecule has 1 aliphatic heterocycles. The molecule has 0 fully saturated rings. The Kier molecular flexibility index (Phi) is 5.61. The number of ether oxygens (including phenoxy) is 2. The first kappa shape index (κ1) is 18.8. The third-order valence-corrected chi connectivity index (χ3v) is 4.68. The molecule has 0 spiro atoms. The lowest BCUT2D eigenvalue weighted by molar-refractivity contribution is 0.0989. The van der Waals surface area contributed by atoms with Crippen LogP contribution in [0.4, 0.5) is 5.69 Å². The van der Waals surface area contributed by atoms with Crippen molar-refractivity contribution in [3.8, 4) is 11.5 Å². The van der Waals surface area contributed by atoms with Crippen molar-refractivity contribution in [2.75, 3.05) is 24.7 Å². The average Bonchev–Trinajstić information content (AvgIpc) is 3.26. The van der Waals surface area contributed by atoms with Gasteiger partial charge in [0.05, 0.1) is 11.8 Å². The van der Waals surface area contributed by atoms with Crippen LogP contribution in [0.3, 0.4) is 0 Å². The van der Waals surface area contributed by atoms with Crippen LogP contribution in [0.5, 0.6) is 11.5 Å². The Morgan fingerprint density at radius 3 is 2.69 bits per heavy atom. The second kappa shape index (κ2) is 8.65. The van der Waals surface area contributed by atoms with Crippen molar-refractivity contribution < 1.29 is 14.3 Å². The van der Waals surface area contributed by atoms with Gasteiger partial charge in [-0.2, -0.15) is 5.10 Å². The van der Waals surface area contributed by atoms with Gasteiger partial charge in [-0.25, -0.2) is 0 Å². The molecule has 2 heterocycles. The Hall–Kier alpha value is -3.54. The van der Waals surface area contributed by atoms with Gasteiger partial charge in [0.15, 0.2) is 11.5 Å². The van der Waals surface area contributed by atoms with Crippen LogP contribution < -0.4 is 14.4 Å². The van der Waals surface area contributed by atoms with Crippen molar-refractivity contribution in [3.05, 3.63) is 78.1 Å². The van der Waals surface area contributed by atoms with E-state index in [-0.39, 0.29) is 5.91 Å².